The summed E-state index contributed by atoms with van der Waals surface area (Å²) >= 11 is 0. The van der Waals surface area contributed by atoms with E-state index in [1.54, 1.807) is 30.1 Å². The molecule has 1 fully saturated rings. The molecule has 1 atom stereocenters. The van der Waals surface area contributed by atoms with Gasteiger partial charge in [0.05, 0.1) is 12.2 Å². The molecule has 2 aromatic rings. The first-order valence-electron chi connectivity index (χ1n) is 10.4. The van der Waals surface area contributed by atoms with Gasteiger partial charge in [0.2, 0.25) is 0 Å². The first-order chi connectivity index (χ1) is 14.5. The van der Waals surface area contributed by atoms with Gasteiger partial charge in [-0.15, -0.1) is 0 Å². The van der Waals surface area contributed by atoms with Gasteiger partial charge >= 0.3 is 0 Å². The molecule has 2 aliphatic rings. The highest BCUT2D eigenvalue weighted by molar-refractivity contribution is 5.94. The highest BCUT2D eigenvalue weighted by Gasteiger charge is 2.21. The molecule has 0 spiro atoms. The number of hydrogen-bond acceptors (Lipinski definition) is 7. The third-order valence-electron chi connectivity index (χ3n) is 5.47. The summed E-state index contributed by atoms with van der Waals surface area (Å²) in [4.78, 5) is 26.1. The van der Waals surface area contributed by atoms with E-state index in [1.165, 1.54) is 0 Å². The van der Waals surface area contributed by atoms with Crippen LogP contribution in [0.25, 0.3) is 0 Å². The van der Waals surface area contributed by atoms with Gasteiger partial charge in [-0.2, -0.15) is 0 Å². The van der Waals surface area contributed by atoms with Crippen LogP contribution in [0.4, 0.5) is 5.82 Å². The molecule has 0 unspecified atom stereocenters. The summed E-state index contributed by atoms with van der Waals surface area (Å²) in [6.45, 7) is 3.34. The molecule has 0 aliphatic carbocycles. The van der Waals surface area contributed by atoms with Crippen LogP contribution in [-0.2, 0) is 6.54 Å². The maximum absolute atomic E-state index is 13.0. The maximum Gasteiger partial charge on any atom is 0.254 e. The maximum atomic E-state index is 13.0. The van der Waals surface area contributed by atoms with Gasteiger partial charge in [-0.25, -0.2) is 9.97 Å². The number of benzene rings is 1. The lowest BCUT2D eigenvalue weighted by atomic mass is 9.96. The fourth-order valence-electron chi connectivity index (χ4n) is 3.80. The molecular formula is C22H29N5O3. The second-order valence-corrected chi connectivity index (χ2v) is 8.02. The van der Waals surface area contributed by atoms with Gasteiger partial charge in [-0.05, 0) is 37.6 Å². The van der Waals surface area contributed by atoms with Gasteiger partial charge < -0.3 is 24.6 Å². The molecule has 2 aliphatic heterocycles. The topological polar surface area (TPSA) is 79.8 Å². The number of amides is 1. The van der Waals surface area contributed by atoms with Gasteiger partial charge in [0.1, 0.15) is 24.9 Å². The molecule has 1 aromatic carbocycles. The molecule has 0 radical (unpaired) electrons. The minimum atomic E-state index is -0.105. The van der Waals surface area contributed by atoms with Gasteiger partial charge in [-0.1, -0.05) is 0 Å². The number of carbonyl (C=O) groups is 1. The van der Waals surface area contributed by atoms with Crippen LogP contribution in [0.5, 0.6) is 11.5 Å². The van der Waals surface area contributed by atoms with Crippen molar-refractivity contribution in [3.63, 3.8) is 0 Å². The molecule has 8 heteroatoms. The summed E-state index contributed by atoms with van der Waals surface area (Å²) < 4.78 is 11.1. The molecule has 4 rings (SSSR count). The first-order valence-corrected chi connectivity index (χ1v) is 10.4. The molecule has 1 aromatic heterocycles. The van der Waals surface area contributed by atoms with Gasteiger partial charge in [0.15, 0.2) is 11.5 Å². The number of nitrogens with zero attached hydrogens (tertiary/aromatic N) is 4. The van der Waals surface area contributed by atoms with Crippen molar-refractivity contribution in [1.29, 1.82) is 0 Å². The number of piperidine rings is 1. The van der Waals surface area contributed by atoms with E-state index in [0.717, 1.165) is 37.4 Å². The molecule has 0 bridgehead atoms. The fraction of sp³-hybridized carbons (Fsp3) is 0.500. The van der Waals surface area contributed by atoms with E-state index >= 15 is 0 Å². The summed E-state index contributed by atoms with van der Waals surface area (Å²) in [5.74, 6) is 3.06. The second kappa shape index (κ2) is 8.87. The van der Waals surface area contributed by atoms with Crippen molar-refractivity contribution in [3.05, 3.63) is 41.3 Å². The summed E-state index contributed by atoms with van der Waals surface area (Å²) in [7, 11) is 5.71. The number of aromatic nitrogens is 2. The van der Waals surface area contributed by atoms with E-state index in [0.29, 0.717) is 48.6 Å². The van der Waals surface area contributed by atoms with E-state index in [4.69, 9.17) is 14.5 Å². The summed E-state index contributed by atoms with van der Waals surface area (Å²) in [6, 6.07) is 7.35. The van der Waals surface area contributed by atoms with Crippen molar-refractivity contribution in [3.8, 4) is 11.5 Å². The Morgan fingerprint density at radius 2 is 1.93 bits per heavy atom. The van der Waals surface area contributed by atoms with Crippen molar-refractivity contribution in [1.82, 2.24) is 20.2 Å². The monoisotopic (exact) mass is 411 g/mol. The third-order valence-corrected chi connectivity index (χ3v) is 5.47. The predicted molar refractivity (Wildman–Crippen MR) is 114 cm³/mol. The third kappa shape index (κ3) is 4.48. The number of carbonyl (C=O) groups excluding carboxylic acids is 1. The van der Waals surface area contributed by atoms with Crippen LogP contribution in [0.1, 0.15) is 40.6 Å². The molecule has 0 saturated carbocycles. The van der Waals surface area contributed by atoms with Crippen LogP contribution >= 0.6 is 0 Å². The van der Waals surface area contributed by atoms with E-state index in [-0.39, 0.29) is 5.91 Å². The zero-order valence-electron chi connectivity index (χ0n) is 17.9. The molecule has 1 N–H and O–H groups in total. The Morgan fingerprint density at radius 1 is 1.13 bits per heavy atom. The number of rotatable bonds is 5. The van der Waals surface area contributed by atoms with E-state index in [1.807, 2.05) is 19.0 Å². The van der Waals surface area contributed by atoms with Crippen LogP contribution in [0.15, 0.2) is 24.3 Å². The van der Waals surface area contributed by atoms with Gasteiger partial charge in [0.25, 0.3) is 5.91 Å². The molecule has 160 valence electrons. The summed E-state index contributed by atoms with van der Waals surface area (Å²) in [5, 5.41) is 3.45. The number of anilines is 1. The predicted octanol–water partition coefficient (Wildman–Crippen LogP) is 2.05. The Hall–Kier alpha value is -2.87. The zero-order chi connectivity index (χ0) is 21.1. The van der Waals surface area contributed by atoms with Gasteiger partial charge in [-0.3, -0.25) is 4.79 Å². The Morgan fingerprint density at radius 3 is 2.67 bits per heavy atom. The lowest BCUT2D eigenvalue weighted by molar-refractivity contribution is 0.0780. The number of hydrogen-bond donors (Lipinski definition) is 1. The quantitative estimate of drug-likeness (QED) is 0.807. The lowest BCUT2D eigenvalue weighted by Crippen LogP contribution is -2.30. The summed E-state index contributed by atoms with van der Waals surface area (Å²) in [5.41, 5.74) is 1.60. The molecule has 1 saturated heterocycles. The van der Waals surface area contributed by atoms with Crippen molar-refractivity contribution in [2.45, 2.75) is 25.3 Å². The molecular weight excluding hydrogens is 382 g/mol. The highest BCUT2D eigenvalue weighted by Crippen LogP contribution is 2.31. The second-order valence-electron chi connectivity index (χ2n) is 8.02. The van der Waals surface area contributed by atoms with E-state index in [9.17, 15) is 4.79 Å². The zero-order valence-corrected chi connectivity index (χ0v) is 17.9. The number of nitrogens with one attached hydrogen (secondary N) is 1. The molecule has 30 heavy (non-hydrogen) atoms. The first kappa shape index (κ1) is 20.4. The van der Waals surface area contributed by atoms with Crippen molar-refractivity contribution >= 4 is 11.7 Å². The normalized spacial score (nSPS) is 18.0. The minimum absolute atomic E-state index is 0.105. The van der Waals surface area contributed by atoms with E-state index in [2.05, 4.69) is 16.4 Å². The lowest BCUT2D eigenvalue weighted by Gasteiger charge is -2.25. The Balaban J connectivity index is 1.53. The number of ether oxygens (including phenoxy) is 2. The fourth-order valence-corrected chi connectivity index (χ4v) is 3.80. The van der Waals surface area contributed by atoms with Crippen LogP contribution in [0.2, 0.25) is 0 Å². The van der Waals surface area contributed by atoms with Crippen LogP contribution in [-0.4, -0.2) is 68.2 Å². The Bertz CT molecular complexity index is 912. The minimum Gasteiger partial charge on any atom is -0.486 e. The average molecular weight is 412 g/mol. The standard InChI is InChI=1S/C22H29N5O3/c1-26(2)21-12-17(16-5-4-8-23-13-16)24-20(25-21)14-27(3)22(28)15-6-7-18-19(11-15)30-10-9-29-18/h6-7,11-12,16,23H,4-5,8-10,13-14H2,1-3H3/t16-/m0/s1. The summed E-state index contributed by atoms with van der Waals surface area (Å²) in [6.07, 6.45) is 2.26. The van der Waals surface area contributed by atoms with Crippen molar-refractivity contribution < 1.29 is 14.3 Å². The van der Waals surface area contributed by atoms with Gasteiger partial charge in [0, 0.05) is 45.2 Å². The molecule has 1 amide bonds. The van der Waals surface area contributed by atoms with Crippen LogP contribution in [0, 0.1) is 0 Å². The highest BCUT2D eigenvalue weighted by atomic mass is 16.6. The Kier molecular flexibility index (Phi) is 6.03. The van der Waals surface area contributed by atoms with Crippen LogP contribution < -0.4 is 19.7 Å². The Labute approximate surface area is 177 Å². The van der Waals surface area contributed by atoms with Crippen molar-refractivity contribution in [2.24, 2.45) is 0 Å². The number of fused-ring (bicyclic) bond motifs is 1. The largest absolute Gasteiger partial charge is 0.486 e. The molecule has 3 heterocycles. The average Bonchev–Trinajstić information content (AvgIpc) is 2.78. The van der Waals surface area contributed by atoms with E-state index < -0.39 is 0 Å². The van der Waals surface area contributed by atoms with Crippen LogP contribution in [0.3, 0.4) is 0 Å². The molecule has 8 nitrogen and oxygen atoms in total. The smallest absolute Gasteiger partial charge is 0.254 e. The SMILES string of the molecule is CN(Cc1nc([C@H]2CCCNC2)cc(N(C)C)n1)C(=O)c1ccc2c(c1)OCCO2. The van der Waals surface area contributed by atoms with Crippen molar-refractivity contribution in [2.75, 3.05) is 52.3 Å².